The van der Waals surface area contributed by atoms with Gasteiger partial charge in [-0.25, -0.2) is 4.99 Å². The van der Waals surface area contributed by atoms with Crippen molar-refractivity contribution in [2.45, 2.75) is 46.6 Å². The van der Waals surface area contributed by atoms with Gasteiger partial charge < -0.3 is 14.8 Å². The third-order valence-electron chi connectivity index (χ3n) is 7.54. The van der Waals surface area contributed by atoms with E-state index in [1.807, 2.05) is 72.8 Å². The van der Waals surface area contributed by atoms with Gasteiger partial charge in [-0.3, -0.25) is 4.79 Å². The molecule has 1 N–H and O–H groups in total. The minimum atomic E-state index is -0.113. The molecular formula is C34H35BrN2O3S. The van der Waals surface area contributed by atoms with E-state index in [2.05, 4.69) is 42.0 Å². The first-order valence-corrected chi connectivity index (χ1v) is 15.4. The van der Waals surface area contributed by atoms with E-state index in [0.29, 0.717) is 29.6 Å². The van der Waals surface area contributed by atoms with Gasteiger partial charge in [0.15, 0.2) is 11.5 Å². The summed E-state index contributed by atoms with van der Waals surface area (Å²) < 4.78 is 12.5. The number of carbonyl (C=O) groups is 1. The minimum Gasteiger partial charge on any atom is -0.493 e. The van der Waals surface area contributed by atoms with Crippen LogP contribution in [0.3, 0.4) is 0 Å². The summed E-state index contributed by atoms with van der Waals surface area (Å²) in [5.41, 5.74) is 4.73. The van der Waals surface area contributed by atoms with E-state index in [-0.39, 0.29) is 11.3 Å². The summed E-state index contributed by atoms with van der Waals surface area (Å²) in [7, 11) is 1.63. The molecular weight excluding hydrogens is 596 g/mol. The molecule has 0 unspecified atom stereocenters. The van der Waals surface area contributed by atoms with Crippen molar-refractivity contribution in [1.82, 2.24) is 0 Å². The number of methoxy groups -OCH3 is 1. The van der Waals surface area contributed by atoms with E-state index in [9.17, 15) is 4.79 Å². The number of hydrogen-bond donors (Lipinski definition) is 1. The number of rotatable bonds is 8. The van der Waals surface area contributed by atoms with E-state index in [4.69, 9.17) is 14.5 Å². The number of para-hydroxylation sites is 1. The van der Waals surface area contributed by atoms with E-state index < -0.39 is 0 Å². The van der Waals surface area contributed by atoms with Crippen molar-refractivity contribution in [3.63, 3.8) is 0 Å². The zero-order valence-electron chi connectivity index (χ0n) is 23.9. The fourth-order valence-corrected chi connectivity index (χ4v) is 7.01. The summed E-state index contributed by atoms with van der Waals surface area (Å²) in [6, 6.07) is 23.5. The van der Waals surface area contributed by atoms with Gasteiger partial charge in [-0.1, -0.05) is 69.3 Å². The van der Waals surface area contributed by atoms with E-state index >= 15 is 0 Å². The van der Waals surface area contributed by atoms with Crippen LogP contribution in [0.4, 0.5) is 10.7 Å². The highest BCUT2D eigenvalue weighted by molar-refractivity contribution is 9.10. The number of halogens is 1. The second kappa shape index (κ2) is 12.6. The quantitative estimate of drug-likeness (QED) is 0.197. The Morgan fingerprint density at radius 1 is 1.10 bits per heavy atom. The lowest BCUT2D eigenvalue weighted by molar-refractivity contribution is 0.102. The third-order valence-corrected chi connectivity index (χ3v) is 9.29. The number of hydrogen-bond acceptors (Lipinski definition) is 5. The van der Waals surface area contributed by atoms with Crippen molar-refractivity contribution in [1.29, 1.82) is 0 Å². The fraction of sp³-hybridized carbons (Fsp3) is 0.294. The predicted octanol–water partition coefficient (Wildman–Crippen LogP) is 9.25. The van der Waals surface area contributed by atoms with E-state index in [1.165, 1.54) is 4.88 Å². The Kier molecular flexibility index (Phi) is 8.95. The normalized spacial score (nSPS) is 15.0. The van der Waals surface area contributed by atoms with Gasteiger partial charge in [-0.15, -0.1) is 11.3 Å². The monoisotopic (exact) mass is 630 g/mol. The van der Waals surface area contributed by atoms with Crippen LogP contribution in [-0.4, -0.2) is 19.2 Å². The molecule has 0 spiro atoms. The summed E-state index contributed by atoms with van der Waals surface area (Å²) in [6.45, 7) is 7.34. The summed E-state index contributed by atoms with van der Waals surface area (Å²) in [5, 5.41) is 3.82. The lowest BCUT2D eigenvalue weighted by Crippen LogP contribution is -2.27. The first-order valence-electron chi connectivity index (χ1n) is 13.8. The Morgan fingerprint density at radius 3 is 2.49 bits per heavy atom. The average molecular weight is 632 g/mol. The number of anilines is 1. The Balaban J connectivity index is 1.45. The fourth-order valence-electron chi connectivity index (χ4n) is 5.17. The molecule has 3 aromatic carbocycles. The summed E-state index contributed by atoms with van der Waals surface area (Å²) in [5.74, 6) is 1.70. The van der Waals surface area contributed by atoms with Crippen LogP contribution in [0, 0.1) is 11.3 Å². The van der Waals surface area contributed by atoms with Crippen LogP contribution in [0.2, 0.25) is 0 Å². The first kappa shape index (κ1) is 29.1. The Labute approximate surface area is 254 Å². The molecule has 1 aromatic heterocycles. The van der Waals surface area contributed by atoms with Crippen LogP contribution < -0.4 is 14.8 Å². The number of fused-ring (bicyclic) bond motifs is 1. The number of benzene rings is 3. The Bertz CT molecular complexity index is 1540. The molecule has 4 aromatic rings. The largest absolute Gasteiger partial charge is 0.493 e. The maximum Gasteiger partial charge on any atom is 0.259 e. The van der Waals surface area contributed by atoms with Crippen LogP contribution in [-0.2, 0) is 19.4 Å². The molecule has 7 heteroatoms. The highest BCUT2D eigenvalue weighted by Gasteiger charge is 2.33. The number of amides is 1. The summed E-state index contributed by atoms with van der Waals surface area (Å²) in [6.07, 6.45) is 4.72. The molecule has 5 nitrogen and oxygen atoms in total. The van der Waals surface area contributed by atoms with E-state index in [0.717, 1.165) is 51.1 Å². The van der Waals surface area contributed by atoms with Gasteiger partial charge >= 0.3 is 0 Å². The SMILES string of the molecule is COc1cc(C=Nc2sc3c(c2C(=O)Nc2ccccc2)CC[C@@H](C(C)(C)C)C3)cc(Br)c1OCc1ccccc1. The van der Waals surface area contributed by atoms with Gasteiger partial charge in [0.05, 0.1) is 17.1 Å². The first-order chi connectivity index (χ1) is 19.7. The molecule has 1 aliphatic rings. The molecule has 1 atom stereocenters. The lowest BCUT2D eigenvalue weighted by atomic mass is 9.72. The molecule has 0 fully saturated rings. The second-order valence-electron chi connectivity index (χ2n) is 11.4. The van der Waals surface area contributed by atoms with Crippen LogP contribution >= 0.6 is 27.3 Å². The minimum absolute atomic E-state index is 0.113. The highest BCUT2D eigenvalue weighted by atomic mass is 79.9. The number of carbonyl (C=O) groups excluding carboxylic acids is 1. The third kappa shape index (κ3) is 6.91. The summed E-state index contributed by atoms with van der Waals surface area (Å²) >= 11 is 5.29. The predicted molar refractivity (Wildman–Crippen MR) is 172 cm³/mol. The van der Waals surface area contributed by atoms with Crippen molar-refractivity contribution in [2.24, 2.45) is 16.3 Å². The van der Waals surface area contributed by atoms with Crippen molar-refractivity contribution >= 4 is 50.1 Å². The molecule has 1 aliphatic carbocycles. The molecule has 1 heterocycles. The van der Waals surface area contributed by atoms with Gasteiger partial charge in [0.2, 0.25) is 0 Å². The molecule has 0 aliphatic heterocycles. The van der Waals surface area contributed by atoms with Crippen LogP contribution in [0.1, 0.15) is 59.1 Å². The molecule has 0 bridgehead atoms. The highest BCUT2D eigenvalue weighted by Crippen LogP contribution is 2.45. The molecule has 0 saturated carbocycles. The van der Waals surface area contributed by atoms with Gasteiger partial charge in [0.25, 0.3) is 5.91 Å². The maximum absolute atomic E-state index is 13.6. The van der Waals surface area contributed by atoms with Crippen molar-refractivity contribution in [3.8, 4) is 11.5 Å². The molecule has 41 heavy (non-hydrogen) atoms. The number of nitrogens with zero attached hydrogens (tertiary/aromatic N) is 1. The number of nitrogens with one attached hydrogen (secondary N) is 1. The van der Waals surface area contributed by atoms with Crippen LogP contribution in [0.25, 0.3) is 0 Å². The van der Waals surface area contributed by atoms with Gasteiger partial charge in [0.1, 0.15) is 11.6 Å². The average Bonchev–Trinajstić information content (AvgIpc) is 3.33. The standard InChI is InChI=1S/C34H35BrN2O3S/c1-34(2,3)24-15-16-26-29(19-24)41-33(30(26)32(38)37-25-13-9-6-10-14-25)36-20-23-17-27(35)31(28(18-23)39-4)40-21-22-11-7-5-8-12-22/h5-14,17-18,20,24H,15-16,19,21H2,1-4H3,(H,37,38)/t24-/m1/s1. The maximum atomic E-state index is 13.6. The smallest absolute Gasteiger partial charge is 0.259 e. The zero-order chi connectivity index (χ0) is 29.0. The molecule has 0 radical (unpaired) electrons. The van der Waals surface area contributed by atoms with Crippen molar-refractivity contribution in [3.05, 3.63) is 104 Å². The van der Waals surface area contributed by atoms with Crippen LogP contribution in [0.15, 0.2) is 82.3 Å². The second-order valence-corrected chi connectivity index (χ2v) is 13.3. The number of thiophene rings is 1. The number of aliphatic imine (C=N–C) groups is 1. The molecule has 5 rings (SSSR count). The van der Waals surface area contributed by atoms with Gasteiger partial charge in [-0.2, -0.15) is 0 Å². The molecule has 1 amide bonds. The van der Waals surface area contributed by atoms with Crippen molar-refractivity contribution < 1.29 is 14.3 Å². The van der Waals surface area contributed by atoms with E-state index in [1.54, 1.807) is 24.7 Å². The summed E-state index contributed by atoms with van der Waals surface area (Å²) in [4.78, 5) is 19.8. The Hall–Kier alpha value is -3.42. The molecule has 0 saturated heterocycles. The molecule has 212 valence electrons. The zero-order valence-corrected chi connectivity index (χ0v) is 26.3. The van der Waals surface area contributed by atoms with Crippen LogP contribution in [0.5, 0.6) is 11.5 Å². The topological polar surface area (TPSA) is 59.9 Å². The lowest BCUT2D eigenvalue weighted by Gasteiger charge is -2.33. The van der Waals surface area contributed by atoms with Gasteiger partial charge in [-0.05, 0) is 87.5 Å². The van der Waals surface area contributed by atoms with Crippen molar-refractivity contribution in [2.75, 3.05) is 12.4 Å². The number of ether oxygens (including phenoxy) is 2. The Morgan fingerprint density at radius 2 is 1.80 bits per heavy atom. The van der Waals surface area contributed by atoms with Gasteiger partial charge in [0, 0.05) is 16.8 Å².